The van der Waals surface area contributed by atoms with Crippen molar-refractivity contribution in [3.8, 4) is 11.8 Å². The van der Waals surface area contributed by atoms with Gasteiger partial charge in [0.25, 0.3) is 5.91 Å². The average Bonchev–Trinajstić information content (AvgIpc) is 3.35. The maximum atomic E-state index is 11.1. The number of aliphatic hydroxyl groups is 3. The van der Waals surface area contributed by atoms with E-state index in [1.54, 1.807) is 13.8 Å². The molecule has 1 aliphatic heterocycles. The van der Waals surface area contributed by atoms with Crippen molar-refractivity contribution in [3.63, 3.8) is 0 Å². The first kappa shape index (κ1) is 21.4. The van der Waals surface area contributed by atoms with Crippen LogP contribution in [0.2, 0.25) is 0 Å². The number of carbonyl (C=O) groups excluding carboxylic acids is 1. The monoisotopic (exact) mass is 421 g/mol. The largest absolute Gasteiger partial charge is 0.387 e. The number of ether oxygens (including phenoxy) is 1. The number of nitrogens with two attached hydrogens (primary N) is 1. The molecule has 3 rings (SSSR count). The molecule has 1 amide bonds. The van der Waals surface area contributed by atoms with Gasteiger partial charge in [0.15, 0.2) is 6.23 Å². The van der Waals surface area contributed by atoms with Crippen LogP contribution < -0.4 is 11.1 Å². The Labute approximate surface area is 171 Å². The number of amides is 1. The van der Waals surface area contributed by atoms with Gasteiger partial charge in [-0.1, -0.05) is 11.8 Å². The number of hydrogen-bond acceptors (Lipinski definition) is 9. The predicted octanol–water partition coefficient (Wildman–Crippen LogP) is -1.03. The van der Waals surface area contributed by atoms with Crippen molar-refractivity contribution in [1.29, 1.82) is 0 Å². The zero-order valence-corrected chi connectivity index (χ0v) is 16.8. The van der Waals surface area contributed by atoms with E-state index < -0.39 is 36.0 Å². The van der Waals surface area contributed by atoms with Crippen LogP contribution in [0.3, 0.4) is 0 Å². The van der Waals surface area contributed by atoms with E-state index in [-0.39, 0.29) is 12.4 Å². The fourth-order valence-electron chi connectivity index (χ4n) is 2.72. The Morgan fingerprint density at radius 1 is 1.41 bits per heavy atom. The van der Waals surface area contributed by atoms with Gasteiger partial charge in [0.1, 0.15) is 30.2 Å². The van der Waals surface area contributed by atoms with Gasteiger partial charge >= 0.3 is 0 Å². The summed E-state index contributed by atoms with van der Waals surface area (Å²) in [5.41, 5.74) is 4.07. The minimum Gasteiger partial charge on any atom is -0.387 e. The molecule has 3 heterocycles. The van der Waals surface area contributed by atoms with Crippen molar-refractivity contribution in [3.05, 3.63) is 34.0 Å². The second-order valence-electron chi connectivity index (χ2n) is 7.16. The van der Waals surface area contributed by atoms with Crippen LogP contribution in [-0.2, 0) is 11.3 Å². The molecule has 1 fully saturated rings. The molecule has 0 spiro atoms. The second kappa shape index (κ2) is 8.58. The van der Waals surface area contributed by atoms with Gasteiger partial charge in [-0.2, -0.15) is 0 Å². The van der Waals surface area contributed by atoms with E-state index >= 15 is 0 Å². The Morgan fingerprint density at radius 3 is 2.83 bits per heavy atom. The molecule has 2 aromatic rings. The molecule has 1 saturated heterocycles. The number of rotatable bonds is 6. The highest BCUT2D eigenvalue weighted by Gasteiger charge is 2.44. The third-order valence-electron chi connectivity index (χ3n) is 4.12. The molecule has 0 aromatic carbocycles. The molecule has 4 atom stereocenters. The maximum absolute atomic E-state index is 11.1. The molecule has 0 saturated carbocycles. The summed E-state index contributed by atoms with van der Waals surface area (Å²) in [4.78, 5) is 16.7. The molecule has 1 aliphatic rings. The lowest BCUT2D eigenvalue weighted by molar-refractivity contribution is -0.0439. The number of nitrogens with one attached hydrogen (secondary N) is 1. The van der Waals surface area contributed by atoms with Crippen LogP contribution in [0.1, 0.15) is 40.4 Å². The van der Waals surface area contributed by atoms with Crippen molar-refractivity contribution in [2.45, 2.75) is 50.5 Å². The van der Waals surface area contributed by atoms with E-state index in [1.807, 2.05) is 12.1 Å². The van der Waals surface area contributed by atoms with Gasteiger partial charge in [-0.3, -0.25) is 4.79 Å². The number of thiophene rings is 1. The van der Waals surface area contributed by atoms with Crippen LogP contribution in [0, 0.1) is 11.8 Å². The normalized spacial score (nSPS) is 24.3. The smallest absolute Gasteiger partial charge is 0.288 e. The Morgan fingerprint density at radius 2 is 2.17 bits per heavy atom. The van der Waals surface area contributed by atoms with Crippen molar-refractivity contribution < 1.29 is 24.9 Å². The Balaban J connectivity index is 1.54. The molecule has 0 aliphatic carbocycles. The summed E-state index contributed by atoms with van der Waals surface area (Å²) in [5, 5.41) is 37.2. The van der Waals surface area contributed by atoms with Gasteiger partial charge in [0, 0.05) is 18.0 Å². The molecule has 156 valence electrons. The van der Waals surface area contributed by atoms with Gasteiger partial charge in [-0.25, -0.2) is 9.67 Å². The summed E-state index contributed by atoms with van der Waals surface area (Å²) in [5.74, 6) is 4.70. The van der Waals surface area contributed by atoms with Crippen LogP contribution in [-0.4, -0.2) is 66.4 Å². The summed E-state index contributed by atoms with van der Waals surface area (Å²) in [6, 6.07) is 3.80. The Kier molecular flexibility index (Phi) is 6.33. The van der Waals surface area contributed by atoms with Crippen LogP contribution in [0.4, 0.5) is 0 Å². The Bertz CT molecular complexity index is 925. The van der Waals surface area contributed by atoms with E-state index in [1.165, 1.54) is 22.3 Å². The van der Waals surface area contributed by atoms with Crippen LogP contribution in [0.5, 0.6) is 0 Å². The molecule has 6 N–H and O–H groups in total. The van der Waals surface area contributed by atoms with Gasteiger partial charge in [-0.15, -0.1) is 16.4 Å². The summed E-state index contributed by atoms with van der Waals surface area (Å²) < 4.78 is 6.85. The summed E-state index contributed by atoms with van der Waals surface area (Å²) >= 11 is 1.49. The maximum Gasteiger partial charge on any atom is 0.288 e. The van der Waals surface area contributed by atoms with Crippen molar-refractivity contribution in [1.82, 2.24) is 20.1 Å². The van der Waals surface area contributed by atoms with Gasteiger partial charge in [-0.05, 0) is 26.0 Å². The van der Waals surface area contributed by atoms with Gasteiger partial charge in [0.05, 0.1) is 4.88 Å². The van der Waals surface area contributed by atoms with Gasteiger partial charge in [0.2, 0.25) is 5.82 Å². The number of carbonyl (C=O) groups is 1. The van der Waals surface area contributed by atoms with E-state index in [4.69, 9.17) is 10.5 Å². The number of aromatic nitrogens is 3. The summed E-state index contributed by atoms with van der Waals surface area (Å²) in [6.45, 7) is 4.06. The summed E-state index contributed by atoms with van der Waals surface area (Å²) in [6.07, 6.45) is -2.79. The highest BCUT2D eigenvalue weighted by Crippen LogP contribution is 2.28. The van der Waals surface area contributed by atoms with E-state index in [2.05, 4.69) is 27.2 Å². The molecule has 0 radical (unpaired) electrons. The van der Waals surface area contributed by atoms with E-state index in [0.717, 1.165) is 9.75 Å². The van der Waals surface area contributed by atoms with Crippen molar-refractivity contribution in [2.75, 3.05) is 6.54 Å². The topological polar surface area (TPSA) is 156 Å². The van der Waals surface area contributed by atoms with Crippen LogP contribution in [0.25, 0.3) is 0 Å². The lowest BCUT2D eigenvalue weighted by atomic mass is 10.1. The molecule has 2 aromatic heterocycles. The third kappa shape index (κ3) is 5.39. The fraction of sp³-hybridized carbons (Fsp3) is 0.500. The van der Waals surface area contributed by atoms with Gasteiger partial charge < -0.3 is 31.1 Å². The number of hydrogen-bond donors (Lipinski definition) is 5. The minimum absolute atomic E-state index is 0.196. The minimum atomic E-state index is -1.23. The zero-order chi connectivity index (χ0) is 21.2. The predicted molar refractivity (Wildman–Crippen MR) is 104 cm³/mol. The quantitative estimate of drug-likeness (QED) is 0.371. The molecule has 29 heavy (non-hydrogen) atoms. The molecule has 11 heteroatoms. The average molecular weight is 421 g/mol. The highest BCUT2D eigenvalue weighted by atomic mass is 32.1. The summed E-state index contributed by atoms with van der Waals surface area (Å²) in [7, 11) is 0. The number of primary amides is 1. The van der Waals surface area contributed by atoms with Crippen molar-refractivity contribution in [2.24, 2.45) is 5.73 Å². The molecular formula is C18H23N5O5S. The lowest BCUT2D eigenvalue weighted by Gasteiger charge is -2.14. The number of aliphatic hydroxyl groups excluding tert-OH is 2. The third-order valence-corrected chi connectivity index (χ3v) is 5.13. The standard InChI is InChI=1S/C18H23N5O5S/c1-18(2,27)6-5-10-3-4-11(29-10)7-20-8-12-13(24)14(25)17(28-12)23-9-21-16(22-23)15(19)26/h3-4,9,12-14,17,20,24-25,27H,7-8H2,1-2H3,(H2,19,26)/t12-,13-,14-,17-/m1/s1. The second-order valence-corrected chi connectivity index (χ2v) is 8.33. The SMILES string of the molecule is CC(C)(O)C#Cc1ccc(CNC[C@H]2O[C@@H](n3cnc(C(N)=O)n3)[C@H](O)[C@@H]2O)s1. The zero-order valence-electron chi connectivity index (χ0n) is 15.9. The molecule has 0 bridgehead atoms. The molecule has 10 nitrogen and oxygen atoms in total. The number of nitrogens with zero attached hydrogens (tertiary/aromatic N) is 3. The van der Waals surface area contributed by atoms with E-state index in [0.29, 0.717) is 6.54 Å². The van der Waals surface area contributed by atoms with Crippen LogP contribution >= 0.6 is 11.3 Å². The Hall–Kier alpha value is -2.33. The van der Waals surface area contributed by atoms with Crippen LogP contribution in [0.15, 0.2) is 18.5 Å². The first-order chi connectivity index (χ1) is 13.6. The van der Waals surface area contributed by atoms with E-state index in [9.17, 15) is 20.1 Å². The molecule has 0 unspecified atom stereocenters. The first-order valence-corrected chi connectivity index (χ1v) is 9.73. The highest BCUT2D eigenvalue weighted by molar-refractivity contribution is 7.12. The van der Waals surface area contributed by atoms with Crippen molar-refractivity contribution >= 4 is 17.2 Å². The lowest BCUT2D eigenvalue weighted by Crippen LogP contribution is -2.37. The fourth-order valence-corrected chi connectivity index (χ4v) is 3.55. The first-order valence-electron chi connectivity index (χ1n) is 8.91. The molecular weight excluding hydrogens is 398 g/mol.